The van der Waals surface area contributed by atoms with Gasteiger partial charge in [0.2, 0.25) is 0 Å². The maximum absolute atomic E-state index is 13.3. The number of carbonyl (C=O) groups is 2. The number of nitrogens with zero attached hydrogens (tertiary/aromatic N) is 5. The van der Waals surface area contributed by atoms with E-state index < -0.39 is 4.92 Å². The quantitative estimate of drug-likeness (QED) is 0.394. The van der Waals surface area contributed by atoms with Gasteiger partial charge in [0.05, 0.1) is 4.92 Å². The fourth-order valence-electron chi connectivity index (χ4n) is 4.94. The number of hydrogen-bond acceptors (Lipinski definition) is 6. The molecule has 2 amide bonds. The van der Waals surface area contributed by atoms with Gasteiger partial charge in [0.15, 0.2) is 0 Å². The van der Waals surface area contributed by atoms with Crippen LogP contribution in [-0.4, -0.2) is 78.9 Å². The average molecular weight is 500 g/mol. The molecule has 0 spiro atoms. The molecule has 3 aromatic carbocycles. The summed E-state index contributed by atoms with van der Waals surface area (Å²) in [7, 11) is 0. The van der Waals surface area contributed by atoms with E-state index in [2.05, 4.69) is 9.80 Å². The van der Waals surface area contributed by atoms with E-state index in [1.165, 1.54) is 18.2 Å². The molecule has 0 aliphatic carbocycles. The van der Waals surface area contributed by atoms with Crippen LogP contribution in [0.4, 0.5) is 17.1 Å². The molecule has 0 N–H and O–H groups in total. The number of non-ortho nitro benzene ring substituents is 1. The Bertz CT molecular complexity index is 1180. The lowest BCUT2D eigenvalue weighted by Crippen LogP contribution is -2.49. The van der Waals surface area contributed by atoms with Gasteiger partial charge in [0, 0.05) is 87.0 Å². The average Bonchev–Trinajstić information content (AvgIpc) is 2.97. The van der Waals surface area contributed by atoms with E-state index in [1.54, 1.807) is 9.80 Å². The van der Waals surface area contributed by atoms with E-state index in [0.29, 0.717) is 52.4 Å². The summed E-state index contributed by atoms with van der Waals surface area (Å²) >= 11 is 0. The van der Waals surface area contributed by atoms with Crippen LogP contribution in [0, 0.1) is 10.1 Å². The molecule has 9 heteroatoms. The molecule has 190 valence electrons. The van der Waals surface area contributed by atoms with E-state index in [9.17, 15) is 19.7 Å². The highest BCUT2D eigenvalue weighted by molar-refractivity contribution is 6.01. The number of nitro benzene ring substituents is 1. The number of hydrogen-bond donors (Lipinski definition) is 0. The van der Waals surface area contributed by atoms with Crippen LogP contribution in [-0.2, 0) is 0 Å². The Labute approximate surface area is 215 Å². The summed E-state index contributed by atoms with van der Waals surface area (Å²) in [6, 6.07) is 24.1. The summed E-state index contributed by atoms with van der Waals surface area (Å²) in [6.45, 7) is 4.68. The Morgan fingerprint density at radius 2 is 0.973 bits per heavy atom. The number of piperazine rings is 2. The summed E-state index contributed by atoms with van der Waals surface area (Å²) in [5, 5.41) is 11.6. The van der Waals surface area contributed by atoms with Gasteiger partial charge in [-0.15, -0.1) is 0 Å². The van der Waals surface area contributed by atoms with Crippen molar-refractivity contribution in [3.05, 3.63) is 100 Å². The molecule has 37 heavy (non-hydrogen) atoms. The van der Waals surface area contributed by atoms with Crippen molar-refractivity contribution in [3.8, 4) is 0 Å². The first-order valence-electron chi connectivity index (χ1n) is 12.5. The first-order chi connectivity index (χ1) is 18.0. The fraction of sp³-hybridized carbons (Fsp3) is 0.286. The second kappa shape index (κ2) is 10.7. The predicted molar refractivity (Wildman–Crippen MR) is 142 cm³/mol. The van der Waals surface area contributed by atoms with Crippen LogP contribution in [0.2, 0.25) is 0 Å². The van der Waals surface area contributed by atoms with E-state index in [1.807, 2.05) is 60.7 Å². The monoisotopic (exact) mass is 499 g/mol. The second-order valence-corrected chi connectivity index (χ2v) is 9.26. The van der Waals surface area contributed by atoms with E-state index >= 15 is 0 Å². The lowest BCUT2D eigenvalue weighted by molar-refractivity contribution is -0.384. The number of nitro groups is 1. The van der Waals surface area contributed by atoms with Gasteiger partial charge in [-0.3, -0.25) is 19.7 Å². The summed E-state index contributed by atoms with van der Waals surface area (Å²) in [6.07, 6.45) is 0. The van der Waals surface area contributed by atoms with Crippen molar-refractivity contribution in [3.63, 3.8) is 0 Å². The topological polar surface area (TPSA) is 90.2 Å². The third-order valence-electron chi connectivity index (χ3n) is 7.00. The first kappa shape index (κ1) is 24.3. The van der Waals surface area contributed by atoms with Crippen LogP contribution in [0.15, 0.2) is 78.9 Å². The minimum atomic E-state index is -0.547. The summed E-state index contributed by atoms with van der Waals surface area (Å²) in [5.41, 5.74) is 2.30. The van der Waals surface area contributed by atoms with Crippen LogP contribution in [0.25, 0.3) is 0 Å². The standard InChI is InChI=1S/C28H29N5O4/c34-27(31-15-11-29(12-16-31)24-7-3-1-4-8-24)22-19-23(21-26(20-22)33(36)37)28(35)32-17-13-30(14-18-32)25-9-5-2-6-10-25/h1-10,19-21H,11-18H2. The van der Waals surface area contributed by atoms with Crippen molar-refractivity contribution in [2.75, 3.05) is 62.2 Å². The summed E-state index contributed by atoms with van der Waals surface area (Å²) in [5.74, 6) is -0.585. The molecule has 3 aromatic rings. The lowest BCUT2D eigenvalue weighted by atomic mass is 10.1. The highest BCUT2D eigenvalue weighted by Gasteiger charge is 2.28. The molecule has 2 aliphatic rings. The summed E-state index contributed by atoms with van der Waals surface area (Å²) in [4.78, 5) is 45.6. The van der Waals surface area contributed by atoms with Gasteiger partial charge < -0.3 is 19.6 Å². The number of amides is 2. The van der Waals surface area contributed by atoms with Gasteiger partial charge in [-0.2, -0.15) is 0 Å². The zero-order valence-electron chi connectivity index (χ0n) is 20.5. The molecule has 9 nitrogen and oxygen atoms in total. The van der Waals surface area contributed by atoms with Crippen LogP contribution in [0.5, 0.6) is 0 Å². The molecule has 0 bridgehead atoms. The Morgan fingerprint density at radius 1 is 0.595 bits per heavy atom. The van der Waals surface area contributed by atoms with Crippen LogP contribution < -0.4 is 9.80 Å². The van der Waals surface area contributed by atoms with Crippen molar-refractivity contribution in [2.24, 2.45) is 0 Å². The SMILES string of the molecule is O=C(c1cc(C(=O)N2CCN(c3ccccc3)CC2)cc([N+](=O)[O-])c1)N1CCN(c2ccccc2)CC1. The minimum absolute atomic E-state index is 0.175. The molecular formula is C28H29N5O4. The molecule has 0 aromatic heterocycles. The molecule has 5 rings (SSSR count). The number of para-hydroxylation sites is 2. The van der Waals surface area contributed by atoms with Gasteiger partial charge in [-0.25, -0.2) is 0 Å². The molecule has 2 aliphatic heterocycles. The normalized spacial score (nSPS) is 16.0. The smallest absolute Gasteiger partial charge is 0.271 e. The Hall–Kier alpha value is -4.40. The maximum atomic E-state index is 13.3. The fourth-order valence-corrected chi connectivity index (χ4v) is 4.94. The van der Waals surface area contributed by atoms with E-state index in [0.717, 1.165) is 11.4 Å². The maximum Gasteiger partial charge on any atom is 0.271 e. The first-order valence-corrected chi connectivity index (χ1v) is 12.5. The molecular weight excluding hydrogens is 470 g/mol. The van der Waals surface area contributed by atoms with Crippen molar-refractivity contribution < 1.29 is 14.5 Å². The Kier molecular flexibility index (Phi) is 7.02. The largest absolute Gasteiger partial charge is 0.368 e. The highest BCUT2D eigenvalue weighted by atomic mass is 16.6. The molecule has 0 unspecified atom stereocenters. The zero-order valence-corrected chi connectivity index (χ0v) is 20.5. The third-order valence-corrected chi connectivity index (χ3v) is 7.00. The van der Waals surface area contributed by atoms with Crippen molar-refractivity contribution in [1.82, 2.24) is 9.80 Å². The predicted octanol–water partition coefficient (Wildman–Crippen LogP) is 3.52. The van der Waals surface area contributed by atoms with Crippen molar-refractivity contribution >= 4 is 28.9 Å². The Morgan fingerprint density at radius 3 is 1.32 bits per heavy atom. The zero-order chi connectivity index (χ0) is 25.8. The number of carbonyl (C=O) groups excluding carboxylic acids is 2. The molecule has 0 saturated carbocycles. The number of anilines is 2. The molecule has 2 fully saturated rings. The van der Waals surface area contributed by atoms with Gasteiger partial charge in [-0.05, 0) is 30.3 Å². The lowest BCUT2D eigenvalue weighted by Gasteiger charge is -2.36. The minimum Gasteiger partial charge on any atom is -0.368 e. The number of benzene rings is 3. The molecule has 2 saturated heterocycles. The molecule has 0 radical (unpaired) electrons. The number of rotatable bonds is 5. The van der Waals surface area contributed by atoms with E-state index in [-0.39, 0.29) is 28.6 Å². The van der Waals surface area contributed by atoms with Gasteiger partial charge in [0.1, 0.15) is 0 Å². The Balaban J connectivity index is 1.28. The van der Waals surface area contributed by atoms with Crippen LogP contribution in [0.1, 0.15) is 20.7 Å². The summed E-state index contributed by atoms with van der Waals surface area (Å²) < 4.78 is 0. The van der Waals surface area contributed by atoms with E-state index in [4.69, 9.17) is 0 Å². The molecule has 0 atom stereocenters. The highest BCUT2D eigenvalue weighted by Crippen LogP contribution is 2.23. The van der Waals surface area contributed by atoms with Gasteiger partial charge in [-0.1, -0.05) is 36.4 Å². The third kappa shape index (κ3) is 5.40. The van der Waals surface area contributed by atoms with Crippen LogP contribution >= 0.6 is 0 Å². The van der Waals surface area contributed by atoms with Gasteiger partial charge >= 0.3 is 0 Å². The molecule has 2 heterocycles. The second-order valence-electron chi connectivity index (χ2n) is 9.26. The van der Waals surface area contributed by atoms with Crippen molar-refractivity contribution in [1.29, 1.82) is 0 Å². The van der Waals surface area contributed by atoms with Gasteiger partial charge in [0.25, 0.3) is 17.5 Å². The van der Waals surface area contributed by atoms with Crippen molar-refractivity contribution in [2.45, 2.75) is 0 Å². The van der Waals surface area contributed by atoms with Crippen LogP contribution in [0.3, 0.4) is 0 Å².